The molecule has 1 N–H and O–H groups in total. The van der Waals surface area contributed by atoms with E-state index in [1.54, 1.807) is 6.20 Å². The monoisotopic (exact) mass is 231 g/mol. The fourth-order valence-corrected chi connectivity index (χ4v) is 3.09. The highest BCUT2D eigenvalue weighted by Crippen LogP contribution is 2.36. The van der Waals surface area contributed by atoms with Crippen LogP contribution in [0.5, 0.6) is 0 Å². The summed E-state index contributed by atoms with van der Waals surface area (Å²) in [4.78, 5) is 4.31. The second-order valence-electron chi connectivity index (χ2n) is 4.22. The standard InChI is InChI=1S/C9H14ClN3S/c1-9(2)5-14-8(12-9)7-11-4-6(10)13(7)3/h4,8,12H,5H2,1-3H3. The molecule has 0 spiro atoms. The largest absolute Gasteiger partial charge is 0.320 e. The maximum atomic E-state index is 5.94. The SMILES string of the molecule is Cn1c(Cl)cnc1C1NC(C)(C)CS1. The molecule has 1 aromatic heterocycles. The summed E-state index contributed by atoms with van der Waals surface area (Å²) in [7, 11) is 1.94. The van der Waals surface area contributed by atoms with Crippen molar-refractivity contribution in [2.45, 2.75) is 24.8 Å². The zero-order chi connectivity index (χ0) is 10.3. The van der Waals surface area contributed by atoms with Crippen LogP contribution in [0, 0.1) is 0 Å². The van der Waals surface area contributed by atoms with Crippen LogP contribution in [0.1, 0.15) is 25.0 Å². The van der Waals surface area contributed by atoms with E-state index in [0.717, 1.165) is 11.6 Å². The third-order valence-electron chi connectivity index (χ3n) is 2.33. The van der Waals surface area contributed by atoms with Crippen molar-refractivity contribution in [1.29, 1.82) is 0 Å². The lowest BCUT2D eigenvalue weighted by molar-refractivity contribution is 0.441. The number of nitrogens with one attached hydrogen (secondary N) is 1. The molecule has 1 aliphatic heterocycles. The number of imidazole rings is 1. The number of hydrogen-bond acceptors (Lipinski definition) is 3. The van der Waals surface area contributed by atoms with E-state index in [-0.39, 0.29) is 10.9 Å². The van der Waals surface area contributed by atoms with Gasteiger partial charge in [-0.1, -0.05) is 11.6 Å². The van der Waals surface area contributed by atoms with Gasteiger partial charge in [0.05, 0.1) is 6.20 Å². The Morgan fingerprint density at radius 3 is 2.86 bits per heavy atom. The molecule has 14 heavy (non-hydrogen) atoms. The predicted molar refractivity (Wildman–Crippen MR) is 60.6 cm³/mol. The molecule has 1 unspecified atom stereocenters. The molecular weight excluding hydrogens is 218 g/mol. The third-order valence-corrected chi connectivity index (χ3v) is 4.24. The highest BCUT2D eigenvalue weighted by molar-refractivity contribution is 7.99. The minimum absolute atomic E-state index is 0.188. The number of nitrogens with zero attached hydrogens (tertiary/aromatic N) is 2. The lowest BCUT2D eigenvalue weighted by Crippen LogP contribution is -2.36. The smallest absolute Gasteiger partial charge is 0.137 e. The molecule has 2 heterocycles. The molecule has 78 valence electrons. The van der Waals surface area contributed by atoms with Crippen LogP contribution in [0.4, 0.5) is 0 Å². The Morgan fingerprint density at radius 2 is 2.43 bits per heavy atom. The van der Waals surface area contributed by atoms with Gasteiger partial charge >= 0.3 is 0 Å². The van der Waals surface area contributed by atoms with Gasteiger partial charge in [-0.3, -0.25) is 5.32 Å². The first-order chi connectivity index (χ1) is 6.49. The van der Waals surface area contributed by atoms with Crippen LogP contribution in [0.3, 0.4) is 0 Å². The van der Waals surface area contributed by atoms with Crippen LogP contribution in [0.15, 0.2) is 6.20 Å². The lowest BCUT2D eigenvalue weighted by Gasteiger charge is -2.18. The topological polar surface area (TPSA) is 29.9 Å². The van der Waals surface area contributed by atoms with E-state index in [1.165, 1.54) is 0 Å². The van der Waals surface area contributed by atoms with Crippen LogP contribution in [-0.4, -0.2) is 20.8 Å². The Balaban J connectivity index is 2.22. The quantitative estimate of drug-likeness (QED) is 0.804. The van der Waals surface area contributed by atoms with Gasteiger partial charge in [0.2, 0.25) is 0 Å². The first-order valence-electron chi connectivity index (χ1n) is 4.56. The van der Waals surface area contributed by atoms with Crippen LogP contribution in [0.2, 0.25) is 5.15 Å². The first-order valence-corrected chi connectivity index (χ1v) is 5.99. The summed E-state index contributed by atoms with van der Waals surface area (Å²) < 4.78 is 1.92. The fraction of sp³-hybridized carbons (Fsp3) is 0.667. The molecule has 1 atom stereocenters. The molecule has 0 amide bonds. The molecule has 0 bridgehead atoms. The molecule has 3 nitrogen and oxygen atoms in total. The Labute approximate surface area is 93.2 Å². The minimum atomic E-state index is 0.188. The van der Waals surface area contributed by atoms with Crippen molar-refractivity contribution in [1.82, 2.24) is 14.9 Å². The minimum Gasteiger partial charge on any atom is -0.320 e. The summed E-state index contributed by atoms with van der Waals surface area (Å²) in [5.74, 6) is 2.10. The highest BCUT2D eigenvalue weighted by Gasteiger charge is 2.33. The number of thioether (sulfide) groups is 1. The molecule has 0 saturated carbocycles. The average Bonchev–Trinajstić information content (AvgIpc) is 2.59. The molecule has 5 heteroatoms. The van der Waals surface area contributed by atoms with Crippen molar-refractivity contribution in [3.05, 3.63) is 17.2 Å². The first kappa shape index (κ1) is 10.3. The number of aromatic nitrogens is 2. The van der Waals surface area contributed by atoms with Crippen molar-refractivity contribution in [2.24, 2.45) is 7.05 Å². The summed E-state index contributed by atoms with van der Waals surface area (Å²) in [5, 5.41) is 4.47. The number of hydrogen-bond donors (Lipinski definition) is 1. The van der Waals surface area contributed by atoms with E-state index >= 15 is 0 Å². The van der Waals surface area contributed by atoms with Gasteiger partial charge in [0.25, 0.3) is 0 Å². The lowest BCUT2D eigenvalue weighted by atomic mass is 10.1. The summed E-state index contributed by atoms with van der Waals surface area (Å²) in [6.07, 6.45) is 1.70. The molecule has 0 aromatic carbocycles. The summed E-state index contributed by atoms with van der Waals surface area (Å²) in [6.45, 7) is 4.40. The van der Waals surface area contributed by atoms with E-state index in [9.17, 15) is 0 Å². The summed E-state index contributed by atoms with van der Waals surface area (Å²) in [5.41, 5.74) is 0.188. The molecule has 0 radical (unpaired) electrons. The molecule has 2 rings (SSSR count). The second-order valence-corrected chi connectivity index (χ2v) is 5.70. The maximum absolute atomic E-state index is 5.94. The zero-order valence-electron chi connectivity index (χ0n) is 8.54. The number of rotatable bonds is 1. The summed E-state index contributed by atoms with van der Waals surface area (Å²) >= 11 is 7.82. The van der Waals surface area contributed by atoms with Crippen molar-refractivity contribution in [3.8, 4) is 0 Å². The normalized spacial score (nSPS) is 25.6. The Morgan fingerprint density at radius 1 is 1.71 bits per heavy atom. The maximum Gasteiger partial charge on any atom is 0.137 e. The second kappa shape index (κ2) is 3.43. The van der Waals surface area contributed by atoms with E-state index in [1.807, 2.05) is 23.4 Å². The van der Waals surface area contributed by atoms with E-state index < -0.39 is 0 Å². The zero-order valence-corrected chi connectivity index (χ0v) is 10.1. The van der Waals surface area contributed by atoms with Crippen LogP contribution in [-0.2, 0) is 7.05 Å². The van der Waals surface area contributed by atoms with Crippen molar-refractivity contribution >= 4 is 23.4 Å². The van der Waals surface area contributed by atoms with Gasteiger partial charge in [0.1, 0.15) is 16.4 Å². The van der Waals surface area contributed by atoms with Crippen molar-refractivity contribution in [2.75, 3.05) is 5.75 Å². The Bertz CT molecular complexity index is 348. The van der Waals surface area contributed by atoms with Crippen molar-refractivity contribution < 1.29 is 0 Å². The van der Waals surface area contributed by atoms with Gasteiger partial charge in [0, 0.05) is 18.3 Å². The molecule has 1 aromatic rings. The Kier molecular flexibility index (Phi) is 2.53. The van der Waals surface area contributed by atoms with Crippen LogP contribution < -0.4 is 5.32 Å². The fourth-order valence-electron chi connectivity index (χ4n) is 1.51. The predicted octanol–water partition coefficient (Wildman–Crippen LogP) is 2.19. The Hall–Kier alpha value is -0.190. The molecule has 1 aliphatic rings. The molecule has 1 saturated heterocycles. The molecule has 0 aliphatic carbocycles. The third kappa shape index (κ3) is 1.78. The van der Waals surface area contributed by atoms with Crippen LogP contribution in [0.25, 0.3) is 0 Å². The number of halogens is 1. The van der Waals surface area contributed by atoms with Gasteiger partial charge in [-0.15, -0.1) is 11.8 Å². The molecular formula is C9H14ClN3S. The van der Waals surface area contributed by atoms with E-state index in [0.29, 0.717) is 5.15 Å². The highest BCUT2D eigenvalue weighted by atomic mass is 35.5. The van der Waals surface area contributed by atoms with Gasteiger partial charge < -0.3 is 4.57 Å². The summed E-state index contributed by atoms with van der Waals surface area (Å²) in [6, 6.07) is 0. The van der Waals surface area contributed by atoms with E-state index in [4.69, 9.17) is 11.6 Å². The van der Waals surface area contributed by atoms with Gasteiger partial charge in [-0.05, 0) is 13.8 Å². The van der Waals surface area contributed by atoms with Crippen molar-refractivity contribution in [3.63, 3.8) is 0 Å². The van der Waals surface area contributed by atoms with Crippen LogP contribution >= 0.6 is 23.4 Å². The molecule has 1 fully saturated rings. The average molecular weight is 232 g/mol. The van der Waals surface area contributed by atoms with Gasteiger partial charge in [-0.2, -0.15) is 0 Å². The van der Waals surface area contributed by atoms with E-state index in [2.05, 4.69) is 24.1 Å². The van der Waals surface area contributed by atoms with Gasteiger partial charge in [-0.25, -0.2) is 4.98 Å². The van der Waals surface area contributed by atoms with Gasteiger partial charge in [0.15, 0.2) is 0 Å².